The summed E-state index contributed by atoms with van der Waals surface area (Å²) in [6.45, 7) is 8.09. The van der Waals surface area contributed by atoms with Crippen molar-refractivity contribution in [1.29, 1.82) is 0 Å². The molecule has 0 aromatic carbocycles. The van der Waals surface area contributed by atoms with Crippen LogP contribution < -0.4 is 5.32 Å². The van der Waals surface area contributed by atoms with Crippen LogP contribution in [0.2, 0.25) is 0 Å². The van der Waals surface area contributed by atoms with Gasteiger partial charge >= 0.3 is 0 Å². The average Bonchev–Trinajstić information content (AvgIpc) is 2.91. The zero-order valence-corrected chi connectivity index (χ0v) is 12.9. The lowest BCUT2D eigenvalue weighted by Crippen LogP contribution is -2.40. The topological polar surface area (TPSA) is 84.1 Å². The first-order chi connectivity index (χ1) is 9.94. The summed E-state index contributed by atoms with van der Waals surface area (Å²) in [4.78, 5) is 8.52. The number of aromatic nitrogens is 3. The highest BCUT2D eigenvalue weighted by Gasteiger charge is 2.27. The van der Waals surface area contributed by atoms with Crippen LogP contribution in [0.25, 0.3) is 11.5 Å². The van der Waals surface area contributed by atoms with E-state index in [0.717, 1.165) is 12.0 Å². The molecule has 2 heterocycles. The summed E-state index contributed by atoms with van der Waals surface area (Å²) in [5.74, 6) is 1.81. The fraction of sp³-hybridized carbons (Fsp3) is 0.533. The van der Waals surface area contributed by atoms with Crippen molar-refractivity contribution in [3.8, 4) is 11.5 Å². The van der Waals surface area contributed by atoms with Gasteiger partial charge in [0, 0.05) is 12.7 Å². The molecule has 0 radical (unpaired) electrons. The van der Waals surface area contributed by atoms with E-state index in [4.69, 9.17) is 4.52 Å². The van der Waals surface area contributed by atoms with E-state index in [-0.39, 0.29) is 5.92 Å². The molecular formula is C15H22N4O2. The van der Waals surface area contributed by atoms with Gasteiger partial charge in [-0.25, -0.2) is 4.98 Å². The number of pyridine rings is 1. The van der Waals surface area contributed by atoms with E-state index in [1.165, 1.54) is 0 Å². The first-order valence-corrected chi connectivity index (χ1v) is 7.16. The summed E-state index contributed by atoms with van der Waals surface area (Å²) in [5, 5.41) is 17.4. The molecule has 0 aliphatic rings. The zero-order valence-electron chi connectivity index (χ0n) is 12.9. The lowest BCUT2D eigenvalue weighted by atomic mass is 9.88. The Kier molecular flexibility index (Phi) is 4.57. The van der Waals surface area contributed by atoms with Gasteiger partial charge in [-0.1, -0.05) is 25.4 Å². The van der Waals surface area contributed by atoms with Crippen LogP contribution in [0.1, 0.15) is 33.0 Å². The van der Waals surface area contributed by atoms with Gasteiger partial charge in [-0.15, -0.1) is 0 Å². The first kappa shape index (κ1) is 15.4. The summed E-state index contributed by atoms with van der Waals surface area (Å²) in [5.41, 5.74) is -0.0769. The fourth-order valence-electron chi connectivity index (χ4n) is 2.00. The maximum atomic E-state index is 10.5. The SMILES string of the molecule is CCC(C)C(C)(O)CNc1ncccc1-c1nc(C)no1. The highest BCUT2D eigenvalue weighted by Crippen LogP contribution is 2.26. The van der Waals surface area contributed by atoms with Gasteiger partial charge in [-0.3, -0.25) is 0 Å². The average molecular weight is 290 g/mol. The van der Waals surface area contributed by atoms with Gasteiger partial charge in [0.05, 0.1) is 11.2 Å². The van der Waals surface area contributed by atoms with Crippen molar-refractivity contribution < 1.29 is 9.63 Å². The lowest BCUT2D eigenvalue weighted by Gasteiger charge is -2.30. The van der Waals surface area contributed by atoms with Crippen LogP contribution in [0.3, 0.4) is 0 Å². The molecule has 0 saturated heterocycles. The van der Waals surface area contributed by atoms with E-state index >= 15 is 0 Å². The number of aliphatic hydroxyl groups is 1. The molecule has 114 valence electrons. The van der Waals surface area contributed by atoms with Crippen LogP contribution in [0.4, 0.5) is 5.82 Å². The molecule has 6 nitrogen and oxygen atoms in total. The van der Waals surface area contributed by atoms with Crippen molar-refractivity contribution in [2.24, 2.45) is 5.92 Å². The summed E-state index contributed by atoms with van der Waals surface area (Å²) in [7, 11) is 0. The van der Waals surface area contributed by atoms with E-state index in [1.54, 1.807) is 13.1 Å². The predicted octanol–water partition coefficient (Wildman–Crippen LogP) is 2.65. The Bertz CT molecular complexity index is 595. The number of aryl methyl sites for hydroxylation is 1. The molecule has 0 spiro atoms. The molecule has 6 heteroatoms. The molecule has 2 aromatic rings. The second-order valence-corrected chi connectivity index (χ2v) is 5.57. The van der Waals surface area contributed by atoms with Crippen molar-refractivity contribution in [2.75, 3.05) is 11.9 Å². The molecule has 2 atom stereocenters. The Morgan fingerprint density at radius 1 is 1.48 bits per heavy atom. The van der Waals surface area contributed by atoms with Crippen LogP contribution in [0.5, 0.6) is 0 Å². The molecule has 2 rings (SSSR count). The minimum Gasteiger partial charge on any atom is -0.388 e. The van der Waals surface area contributed by atoms with Gasteiger partial charge < -0.3 is 14.9 Å². The molecule has 2 N–H and O–H groups in total. The number of nitrogens with one attached hydrogen (secondary N) is 1. The summed E-state index contributed by atoms with van der Waals surface area (Å²) in [6, 6.07) is 3.67. The molecule has 2 unspecified atom stereocenters. The molecule has 0 fully saturated rings. The third-order valence-electron chi connectivity index (χ3n) is 3.85. The van der Waals surface area contributed by atoms with Gasteiger partial charge in [0.25, 0.3) is 5.89 Å². The van der Waals surface area contributed by atoms with E-state index in [1.807, 2.05) is 26.0 Å². The van der Waals surface area contributed by atoms with Crippen molar-refractivity contribution >= 4 is 5.82 Å². The maximum absolute atomic E-state index is 10.5. The predicted molar refractivity (Wildman–Crippen MR) is 80.8 cm³/mol. The molecule has 0 aliphatic heterocycles. The van der Waals surface area contributed by atoms with Gasteiger partial charge in [-0.05, 0) is 31.9 Å². The second-order valence-electron chi connectivity index (χ2n) is 5.57. The van der Waals surface area contributed by atoms with Gasteiger partial charge in [0.1, 0.15) is 5.82 Å². The maximum Gasteiger partial charge on any atom is 0.261 e. The molecule has 21 heavy (non-hydrogen) atoms. The van der Waals surface area contributed by atoms with Crippen LogP contribution in [-0.2, 0) is 0 Å². The normalized spacial score (nSPS) is 15.5. The minimum absolute atomic E-state index is 0.183. The molecule has 0 aliphatic carbocycles. The number of hydrogen-bond acceptors (Lipinski definition) is 6. The van der Waals surface area contributed by atoms with Gasteiger partial charge in [-0.2, -0.15) is 4.98 Å². The lowest BCUT2D eigenvalue weighted by molar-refractivity contribution is 0.0175. The third-order valence-corrected chi connectivity index (χ3v) is 3.85. The Hall–Kier alpha value is -1.95. The quantitative estimate of drug-likeness (QED) is 0.851. The number of anilines is 1. The van der Waals surface area contributed by atoms with E-state index in [0.29, 0.717) is 24.1 Å². The summed E-state index contributed by atoms with van der Waals surface area (Å²) in [6.07, 6.45) is 2.60. The van der Waals surface area contributed by atoms with Crippen LogP contribution in [0.15, 0.2) is 22.9 Å². The molecule has 2 aromatic heterocycles. The van der Waals surface area contributed by atoms with E-state index < -0.39 is 5.60 Å². The molecular weight excluding hydrogens is 268 g/mol. The summed E-state index contributed by atoms with van der Waals surface area (Å²) < 4.78 is 5.19. The van der Waals surface area contributed by atoms with E-state index in [2.05, 4.69) is 27.4 Å². The zero-order chi connectivity index (χ0) is 15.5. The highest BCUT2D eigenvalue weighted by atomic mass is 16.5. The Morgan fingerprint density at radius 2 is 2.24 bits per heavy atom. The van der Waals surface area contributed by atoms with Crippen molar-refractivity contribution in [3.63, 3.8) is 0 Å². The smallest absolute Gasteiger partial charge is 0.261 e. The minimum atomic E-state index is -0.811. The molecule has 0 amide bonds. The standard InChI is InChI=1S/C15H22N4O2/c1-5-10(2)15(4,20)9-17-13-12(7-6-8-16-13)14-18-11(3)19-21-14/h6-8,10,20H,5,9H2,1-4H3,(H,16,17). The van der Waals surface area contributed by atoms with Gasteiger partial charge in [0.2, 0.25) is 0 Å². The van der Waals surface area contributed by atoms with Crippen LogP contribution in [-0.4, -0.2) is 32.4 Å². The third kappa shape index (κ3) is 3.58. The van der Waals surface area contributed by atoms with Crippen molar-refractivity contribution in [3.05, 3.63) is 24.2 Å². The monoisotopic (exact) mass is 290 g/mol. The van der Waals surface area contributed by atoms with E-state index in [9.17, 15) is 5.11 Å². The first-order valence-electron chi connectivity index (χ1n) is 7.16. The largest absolute Gasteiger partial charge is 0.388 e. The Labute approximate surface area is 124 Å². The molecule has 0 bridgehead atoms. The van der Waals surface area contributed by atoms with Crippen molar-refractivity contribution in [1.82, 2.24) is 15.1 Å². The van der Waals surface area contributed by atoms with Gasteiger partial charge in [0.15, 0.2) is 5.82 Å². The summed E-state index contributed by atoms with van der Waals surface area (Å²) >= 11 is 0. The number of rotatable bonds is 6. The number of hydrogen-bond donors (Lipinski definition) is 2. The fourth-order valence-corrected chi connectivity index (χ4v) is 2.00. The Morgan fingerprint density at radius 3 is 2.86 bits per heavy atom. The van der Waals surface area contributed by atoms with Crippen molar-refractivity contribution in [2.45, 2.75) is 39.7 Å². The van der Waals surface area contributed by atoms with Crippen LogP contribution in [0, 0.1) is 12.8 Å². The highest BCUT2D eigenvalue weighted by molar-refractivity contribution is 5.68. The van der Waals surface area contributed by atoms with Crippen LogP contribution >= 0.6 is 0 Å². The second kappa shape index (κ2) is 6.22. The Balaban J connectivity index is 2.18. The number of nitrogens with zero attached hydrogens (tertiary/aromatic N) is 3. The molecule has 0 saturated carbocycles.